The van der Waals surface area contributed by atoms with Crippen LogP contribution >= 0.6 is 0 Å². The number of aliphatic hydroxyl groups excluding tert-OH is 2. The zero-order valence-corrected chi connectivity index (χ0v) is 14.3. The molecule has 0 saturated carbocycles. The molecule has 0 spiro atoms. The normalized spacial score (nSPS) is 11.6. The average Bonchev–Trinajstić information content (AvgIpc) is 2.63. The molecular weight excluding hydrogens is 318 g/mol. The fourth-order valence-electron chi connectivity index (χ4n) is 2.31. The number of hydrogen-bond donors (Lipinski definition) is 3. The van der Waals surface area contributed by atoms with Crippen molar-refractivity contribution in [1.82, 2.24) is 4.98 Å². The maximum Gasteiger partial charge on any atom is 0.231 e. The van der Waals surface area contributed by atoms with E-state index >= 15 is 0 Å². The molecule has 132 valence electrons. The number of aryl methyl sites for hydroxylation is 2. The molecule has 6 nitrogen and oxygen atoms in total. The van der Waals surface area contributed by atoms with E-state index in [9.17, 15) is 5.11 Å². The average molecular weight is 341 g/mol. The number of hydrogen-bond acceptors (Lipinski definition) is 6. The summed E-state index contributed by atoms with van der Waals surface area (Å²) in [7, 11) is 0. The van der Waals surface area contributed by atoms with Crippen molar-refractivity contribution >= 4 is 5.69 Å². The first-order chi connectivity index (χ1) is 12.1. The number of nitrogens with zero attached hydrogens (tertiary/aromatic N) is 2. The number of rotatable bonds is 9. The van der Waals surface area contributed by atoms with Gasteiger partial charge in [-0.1, -0.05) is 12.1 Å². The number of nitriles is 1. The lowest BCUT2D eigenvalue weighted by molar-refractivity contribution is 0.105. The monoisotopic (exact) mass is 341 g/mol. The van der Waals surface area contributed by atoms with Crippen LogP contribution in [0.25, 0.3) is 0 Å². The number of aliphatic hydroxyl groups is 2. The molecule has 1 atom stereocenters. The smallest absolute Gasteiger partial charge is 0.231 e. The largest absolute Gasteiger partial charge is 0.477 e. The number of pyridine rings is 1. The Kier molecular flexibility index (Phi) is 7.20. The Balaban J connectivity index is 1.82. The predicted molar refractivity (Wildman–Crippen MR) is 95.5 cm³/mol. The van der Waals surface area contributed by atoms with Gasteiger partial charge in [-0.25, -0.2) is 4.98 Å². The lowest BCUT2D eigenvalue weighted by Gasteiger charge is -2.11. The van der Waals surface area contributed by atoms with E-state index in [1.54, 1.807) is 12.1 Å². The zero-order valence-electron chi connectivity index (χ0n) is 14.3. The van der Waals surface area contributed by atoms with Crippen LogP contribution in [-0.4, -0.2) is 41.1 Å². The van der Waals surface area contributed by atoms with E-state index in [0.717, 1.165) is 29.8 Å². The molecule has 1 aromatic carbocycles. The van der Waals surface area contributed by atoms with Gasteiger partial charge in [-0.3, -0.25) is 0 Å². The number of nitrogens with one attached hydrogen (secondary N) is 1. The van der Waals surface area contributed by atoms with Crippen LogP contribution in [0.5, 0.6) is 5.88 Å². The summed E-state index contributed by atoms with van der Waals surface area (Å²) >= 11 is 0. The third-order valence-electron chi connectivity index (χ3n) is 3.65. The molecule has 0 aliphatic heterocycles. The molecule has 0 aliphatic carbocycles. The van der Waals surface area contributed by atoms with Crippen LogP contribution in [0.1, 0.15) is 23.2 Å². The van der Waals surface area contributed by atoms with Gasteiger partial charge in [0.2, 0.25) is 5.88 Å². The fraction of sp³-hybridized carbons (Fsp3) is 0.368. The maximum absolute atomic E-state index is 9.37. The van der Waals surface area contributed by atoms with Gasteiger partial charge in [-0.05, 0) is 49.6 Å². The predicted octanol–water partition coefficient (Wildman–Crippen LogP) is 2.04. The molecule has 0 aliphatic rings. The van der Waals surface area contributed by atoms with E-state index in [1.165, 1.54) is 0 Å². The highest BCUT2D eigenvalue weighted by Gasteiger charge is 2.06. The van der Waals surface area contributed by atoms with Gasteiger partial charge in [0.1, 0.15) is 11.6 Å². The summed E-state index contributed by atoms with van der Waals surface area (Å²) < 4.78 is 5.64. The van der Waals surface area contributed by atoms with Crippen LogP contribution in [0, 0.1) is 18.3 Å². The summed E-state index contributed by atoms with van der Waals surface area (Å²) in [6.07, 6.45) is 0.850. The Morgan fingerprint density at radius 2 is 2.16 bits per heavy atom. The van der Waals surface area contributed by atoms with Crippen molar-refractivity contribution in [3.8, 4) is 11.9 Å². The molecule has 1 aromatic heterocycles. The minimum atomic E-state index is -0.770. The Morgan fingerprint density at radius 1 is 1.32 bits per heavy atom. The van der Waals surface area contributed by atoms with Crippen molar-refractivity contribution in [3.63, 3.8) is 0 Å². The van der Waals surface area contributed by atoms with Gasteiger partial charge in [0.25, 0.3) is 0 Å². The van der Waals surface area contributed by atoms with E-state index in [0.29, 0.717) is 24.6 Å². The Hall–Kier alpha value is -2.62. The van der Waals surface area contributed by atoms with Gasteiger partial charge in [0, 0.05) is 17.9 Å². The second kappa shape index (κ2) is 9.62. The third kappa shape index (κ3) is 6.07. The van der Waals surface area contributed by atoms with E-state index in [-0.39, 0.29) is 6.61 Å². The van der Waals surface area contributed by atoms with Gasteiger partial charge < -0.3 is 20.3 Å². The summed E-state index contributed by atoms with van der Waals surface area (Å²) in [5, 5.41) is 30.4. The highest BCUT2D eigenvalue weighted by Crippen LogP contribution is 2.16. The van der Waals surface area contributed by atoms with Crippen molar-refractivity contribution in [2.75, 3.05) is 25.1 Å². The Labute approximate surface area is 147 Å². The number of ether oxygens (including phenoxy) is 1. The van der Waals surface area contributed by atoms with Gasteiger partial charge in [0.15, 0.2) is 0 Å². The molecule has 1 heterocycles. The van der Waals surface area contributed by atoms with E-state index in [2.05, 4.69) is 16.4 Å². The van der Waals surface area contributed by atoms with Crippen molar-refractivity contribution in [1.29, 1.82) is 5.26 Å². The van der Waals surface area contributed by atoms with Crippen molar-refractivity contribution in [2.24, 2.45) is 0 Å². The SMILES string of the molecule is Cc1ccc(C#N)c(OCCCc2cccc(NC[C@@H](O)CO)c2)n1. The molecule has 6 heteroatoms. The van der Waals surface area contributed by atoms with Crippen LogP contribution < -0.4 is 10.1 Å². The Bertz CT molecular complexity index is 728. The van der Waals surface area contributed by atoms with Gasteiger partial charge in [0.05, 0.1) is 19.3 Å². The first-order valence-electron chi connectivity index (χ1n) is 8.24. The molecular formula is C19H23N3O3. The summed E-state index contributed by atoms with van der Waals surface area (Å²) in [4.78, 5) is 4.25. The lowest BCUT2D eigenvalue weighted by Crippen LogP contribution is -2.22. The molecule has 0 fully saturated rings. The number of anilines is 1. The second-order valence-electron chi connectivity index (χ2n) is 5.79. The molecule has 0 bridgehead atoms. The molecule has 0 saturated heterocycles. The molecule has 0 unspecified atom stereocenters. The summed E-state index contributed by atoms with van der Waals surface area (Å²) in [5.74, 6) is 0.385. The second-order valence-corrected chi connectivity index (χ2v) is 5.79. The van der Waals surface area contributed by atoms with Crippen LogP contribution in [0.3, 0.4) is 0 Å². The third-order valence-corrected chi connectivity index (χ3v) is 3.65. The van der Waals surface area contributed by atoms with Crippen molar-refractivity contribution in [2.45, 2.75) is 25.9 Å². The first-order valence-corrected chi connectivity index (χ1v) is 8.24. The van der Waals surface area contributed by atoms with Crippen molar-refractivity contribution in [3.05, 3.63) is 53.2 Å². The Morgan fingerprint density at radius 3 is 2.92 bits per heavy atom. The van der Waals surface area contributed by atoms with Crippen LogP contribution in [-0.2, 0) is 6.42 Å². The van der Waals surface area contributed by atoms with Crippen LogP contribution in [0.15, 0.2) is 36.4 Å². The summed E-state index contributed by atoms with van der Waals surface area (Å²) in [5.41, 5.74) is 3.31. The minimum Gasteiger partial charge on any atom is -0.477 e. The molecule has 3 N–H and O–H groups in total. The first kappa shape index (κ1) is 18.7. The molecule has 0 radical (unpaired) electrons. The minimum absolute atomic E-state index is 0.262. The summed E-state index contributed by atoms with van der Waals surface area (Å²) in [6.45, 7) is 2.38. The highest BCUT2D eigenvalue weighted by molar-refractivity contribution is 5.45. The standard InChI is InChI=1S/C19H23N3O3/c1-14-7-8-16(11-20)19(22-14)25-9-3-5-15-4-2-6-17(10-15)21-12-18(24)13-23/h2,4,6-8,10,18,21,23-24H,3,5,9,12-13H2,1H3/t18-/m1/s1. The lowest BCUT2D eigenvalue weighted by atomic mass is 10.1. The van der Waals surface area contributed by atoms with E-state index in [1.807, 2.05) is 31.2 Å². The van der Waals surface area contributed by atoms with Gasteiger partial charge in [-0.2, -0.15) is 5.26 Å². The molecule has 2 rings (SSSR count). The van der Waals surface area contributed by atoms with Gasteiger partial charge >= 0.3 is 0 Å². The number of benzene rings is 1. The highest BCUT2D eigenvalue weighted by atomic mass is 16.5. The van der Waals surface area contributed by atoms with E-state index < -0.39 is 6.10 Å². The quantitative estimate of drug-likeness (QED) is 0.604. The topological polar surface area (TPSA) is 98.4 Å². The van der Waals surface area contributed by atoms with E-state index in [4.69, 9.17) is 15.1 Å². The number of aromatic nitrogens is 1. The molecule has 25 heavy (non-hydrogen) atoms. The zero-order chi connectivity index (χ0) is 18.1. The molecule has 2 aromatic rings. The fourth-order valence-corrected chi connectivity index (χ4v) is 2.31. The maximum atomic E-state index is 9.37. The van der Waals surface area contributed by atoms with Crippen molar-refractivity contribution < 1.29 is 14.9 Å². The van der Waals surface area contributed by atoms with Crippen LogP contribution in [0.2, 0.25) is 0 Å². The van der Waals surface area contributed by atoms with Crippen LogP contribution in [0.4, 0.5) is 5.69 Å². The summed E-state index contributed by atoms with van der Waals surface area (Å²) in [6, 6.07) is 13.5. The van der Waals surface area contributed by atoms with Gasteiger partial charge in [-0.15, -0.1) is 0 Å². The molecule has 0 amide bonds.